The molecule has 3 aromatic rings. The van der Waals surface area contributed by atoms with Crippen molar-refractivity contribution in [2.45, 2.75) is 12.1 Å². The lowest BCUT2D eigenvalue weighted by atomic mass is 10.2. The first-order valence-corrected chi connectivity index (χ1v) is 8.83. The van der Waals surface area contributed by atoms with E-state index >= 15 is 0 Å². The van der Waals surface area contributed by atoms with Crippen molar-refractivity contribution >= 4 is 23.4 Å². The van der Waals surface area contributed by atoms with Crippen LogP contribution in [-0.2, 0) is 4.79 Å². The van der Waals surface area contributed by atoms with Crippen molar-refractivity contribution in [2.24, 2.45) is 0 Å². The molecule has 128 valence electrons. The van der Waals surface area contributed by atoms with E-state index in [0.717, 1.165) is 5.69 Å². The molecule has 0 saturated carbocycles. The highest BCUT2D eigenvalue weighted by Crippen LogP contribution is 2.22. The normalized spacial score (nSPS) is 10.6. The monoisotopic (exact) mass is 356 g/mol. The second-order valence-corrected chi connectivity index (χ2v) is 6.15. The molecule has 0 unspecified atom stereocenters. The molecule has 0 spiro atoms. The summed E-state index contributed by atoms with van der Waals surface area (Å²) in [6, 6.07) is 15.8. The Labute approximate surface area is 149 Å². The number of aromatic amines is 1. The molecule has 1 heterocycles. The number of halogens is 1. The Morgan fingerprint density at radius 1 is 1.16 bits per heavy atom. The summed E-state index contributed by atoms with van der Waals surface area (Å²) in [6.07, 6.45) is 0. The summed E-state index contributed by atoms with van der Waals surface area (Å²) in [5.74, 6) is 0.156. The zero-order chi connectivity index (χ0) is 17.6. The van der Waals surface area contributed by atoms with Gasteiger partial charge in [0.1, 0.15) is 5.82 Å². The number of nitrogens with one attached hydrogen (secondary N) is 1. The van der Waals surface area contributed by atoms with Crippen LogP contribution in [0, 0.1) is 5.82 Å². The van der Waals surface area contributed by atoms with Crippen molar-refractivity contribution in [1.82, 2.24) is 15.2 Å². The molecule has 0 aliphatic heterocycles. The number of para-hydroxylation sites is 1. The summed E-state index contributed by atoms with van der Waals surface area (Å²) in [7, 11) is 0. The van der Waals surface area contributed by atoms with Crippen LogP contribution in [0.2, 0.25) is 0 Å². The van der Waals surface area contributed by atoms with Crippen molar-refractivity contribution in [1.29, 1.82) is 0 Å². The maximum absolute atomic E-state index is 13.8. The van der Waals surface area contributed by atoms with Gasteiger partial charge < -0.3 is 4.90 Å². The Hall–Kier alpha value is -2.67. The maximum Gasteiger partial charge on any atom is 0.237 e. The van der Waals surface area contributed by atoms with Gasteiger partial charge in [-0.1, -0.05) is 42.1 Å². The number of amides is 1. The summed E-state index contributed by atoms with van der Waals surface area (Å²) < 4.78 is 13.8. The van der Waals surface area contributed by atoms with Gasteiger partial charge in [0, 0.05) is 12.2 Å². The van der Waals surface area contributed by atoms with Gasteiger partial charge in [0.15, 0.2) is 5.82 Å². The van der Waals surface area contributed by atoms with Crippen LogP contribution in [0.1, 0.15) is 6.92 Å². The number of hydrogen-bond donors (Lipinski definition) is 1. The highest BCUT2D eigenvalue weighted by atomic mass is 32.2. The predicted molar refractivity (Wildman–Crippen MR) is 97.0 cm³/mol. The number of carbonyl (C=O) groups excluding carboxylic acids is 1. The van der Waals surface area contributed by atoms with Crippen LogP contribution in [0.25, 0.3) is 11.4 Å². The molecule has 1 N–H and O–H groups in total. The molecule has 1 aromatic heterocycles. The molecule has 0 saturated heterocycles. The number of benzene rings is 2. The average Bonchev–Trinajstić information content (AvgIpc) is 3.11. The van der Waals surface area contributed by atoms with E-state index in [1.54, 1.807) is 23.1 Å². The zero-order valence-electron chi connectivity index (χ0n) is 13.6. The lowest BCUT2D eigenvalue weighted by Crippen LogP contribution is -2.32. The Balaban J connectivity index is 1.66. The molecule has 0 bridgehead atoms. The molecule has 25 heavy (non-hydrogen) atoms. The molecule has 0 atom stereocenters. The molecule has 7 heteroatoms. The highest BCUT2D eigenvalue weighted by molar-refractivity contribution is 7.99. The number of nitrogens with zero attached hydrogens (tertiary/aromatic N) is 3. The Morgan fingerprint density at radius 3 is 2.60 bits per heavy atom. The van der Waals surface area contributed by atoms with Crippen LogP contribution < -0.4 is 4.90 Å². The van der Waals surface area contributed by atoms with Gasteiger partial charge in [0.05, 0.1) is 11.3 Å². The lowest BCUT2D eigenvalue weighted by molar-refractivity contribution is -0.116. The second kappa shape index (κ2) is 7.94. The molecule has 1 amide bonds. The summed E-state index contributed by atoms with van der Waals surface area (Å²) in [5, 5.41) is 7.18. The minimum Gasteiger partial charge on any atom is -0.312 e. The first kappa shape index (κ1) is 17.2. The van der Waals surface area contributed by atoms with Crippen molar-refractivity contribution < 1.29 is 9.18 Å². The van der Waals surface area contributed by atoms with Gasteiger partial charge in [0.2, 0.25) is 11.1 Å². The van der Waals surface area contributed by atoms with Gasteiger partial charge in [-0.2, -0.15) is 0 Å². The van der Waals surface area contributed by atoms with Gasteiger partial charge >= 0.3 is 0 Å². The number of aromatic nitrogens is 3. The molecule has 0 fully saturated rings. The predicted octanol–water partition coefficient (Wildman–Crippen LogP) is 3.76. The molecular formula is C18H17FN4OS. The van der Waals surface area contributed by atoms with E-state index in [1.165, 1.54) is 17.8 Å². The fourth-order valence-electron chi connectivity index (χ4n) is 2.40. The molecule has 0 aliphatic rings. The fraction of sp³-hybridized carbons (Fsp3) is 0.167. The Morgan fingerprint density at radius 2 is 1.88 bits per heavy atom. The first-order chi connectivity index (χ1) is 12.2. The van der Waals surface area contributed by atoms with E-state index in [2.05, 4.69) is 15.2 Å². The molecule has 0 aliphatic carbocycles. The van der Waals surface area contributed by atoms with Crippen molar-refractivity contribution in [2.75, 3.05) is 17.2 Å². The Kier molecular flexibility index (Phi) is 5.45. The van der Waals surface area contributed by atoms with E-state index in [-0.39, 0.29) is 17.5 Å². The van der Waals surface area contributed by atoms with E-state index in [1.807, 2.05) is 37.3 Å². The number of thioether (sulfide) groups is 1. The number of H-pyrrole nitrogens is 1. The summed E-state index contributed by atoms with van der Waals surface area (Å²) >= 11 is 1.22. The highest BCUT2D eigenvalue weighted by Gasteiger charge is 2.16. The van der Waals surface area contributed by atoms with Gasteiger partial charge in [-0.15, -0.1) is 5.10 Å². The van der Waals surface area contributed by atoms with Gasteiger partial charge in [-0.3, -0.25) is 9.89 Å². The summed E-state index contributed by atoms with van der Waals surface area (Å²) in [4.78, 5) is 18.4. The van der Waals surface area contributed by atoms with Crippen LogP contribution in [0.5, 0.6) is 0 Å². The van der Waals surface area contributed by atoms with Crippen LogP contribution in [0.4, 0.5) is 10.1 Å². The van der Waals surface area contributed by atoms with E-state index in [0.29, 0.717) is 23.1 Å². The van der Waals surface area contributed by atoms with Crippen LogP contribution in [-0.4, -0.2) is 33.4 Å². The average molecular weight is 356 g/mol. The van der Waals surface area contributed by atoms with Crippen molar-refractivity contribution in [3.63, 3.8) is 0 Å². The van der Waals surface area contributed by atoms with Gasteiger partial charge in [0.25, 0.3) is 0 Å². The van der Waals surface area contributed by atoms with E-state index in [9.17, 15) is 9.18 Å². The third-order valence-corrected chi connectivity index (χ3v) is 4.44. The third-order valence-electron chi connectivity index (χ3n) is 3.60. The molecular weight excluding hydrogens is 339 g/mol. The molecule has 0 radical (unpaired) electrons. The quantitative estimate of drug-likeness (QED) is 0.683. The SMILES string of the molecule is CCN(C(=O)CSc1n[nH]c(-c2ccccc2F)n1)c1ccccc1. The van der Waals surface area contributed by atoms with E-state index in [4.69, 9.17) is 0 Å². The minimum absolute atomic E-state index is 0.0315. The topological polar surface area (TPSA) is 61.9 Å². The lowest BCUT2D eigenvalue weighted by Gasteiger charge is -2.20. The molecule has 2 aromatic carbocycles. The standard InChI is InChI=1S/C18H17FN4OS/c1-2-23(13-8-4-3-5-9-13)16(24)12-25-18-20-17(21-22-18)14-10-6-7-11-15(14)19/h3-11H,2,12H2,1H3,(H,20,21,22). The maximum atomic E-state index is 13.8. The third kappa shape index (κ3) is 4.06. The number of carbonyl (C=O) groups is 1. The summed E-state index contributed by atoms with van der Waals surface area (Å²) in [5.41, 5.74) is 1.21. The van der Waals surface area contributed by atoms with Gasteiger partial charge in [-0.25, -0.2) is 9.37 Å². The summed E-state index contributed by atoms with van der Waals surface area (Å²) in [6.45, 7) is 2.51. The van der Waals surface area contributed by atoms with Crippen LogP contribution >= 0.6 is 11.8 Å². The minimum atomic E-state index is -0.368. The zero-order valence-corrected chi connectivity index (χ0v) is 14.5. The number of hydrogen-bond acceptors (Lipinski definition) is 4. The number of anilines is 1. The van der Waals surface area contributed by atoms with Crippen molar-refractivity contribution in [3.8, 4) is 11.4 Å². The molecule has 3 rings (SSSR count). The van der Waals surface area contributed by atoms with Crippen LogP contribution in [0.15, 0.2) is 59.8 Å². The second-order valence-electron chi connectivity index (χ2n) is 5.21. The fourth-order valence-corrected chi connectivity index (χ4v) is 3.07. The Bertz CT molecular complexity index is 853. The largest absolute Gasteiger partial charge is 0.312 e. The van der Waals surface area contributed by atoms with Crippen LogP contribution in [0.3, 0.4) is 0 Å². The van der Waals surface area contributed by atoms with Gasteiger partial charge in [-0.05, 0) is 31.2 Å². The van der Waals surface area contributed by atoms with E-state index < -0.39 is 0 Å². The molecule has 5 nitrogen and oxygen atoms in total. The smallest absolute Gasteiger partial charge is 0.237 e. The first-order valence-electron chi connectivity index (χ1n) is 7.84. The van der Waals surface area contributed by atoms with Crippen molar-refractivity contribution in [3.05, 3.63) is 60.4 Å². The number of rotatable bonds is 6.